The van der Waals surface area contributed by atoms with Crippen LogP contribution in [0.25, 0.3) is 16.7 Å². The average molecular weight is 240 g/mol. The van der Waals surface area contributed by atoms with Crippen LogP contribution in [0, 0.1) is 5.92 Å². The number of allylic oxidation sites excluding steroid dienone is 1. The van der Waals surface area contributed by atoms with Gasteiger partial charge in [-0.05, 0) is 49.4 Å². The van der Waals surface area contributed by atoms with Crippen LogP contribution in [0.15, 0.2) is 34.9 Å². The van der Waals surface area contributed by atoms with Crippen LogP contribution in [0.2, 0.25) is 0 Å². The van der Waals surface area contributed by atoms with Crippen molar-refractivity contribution in [1.82, 2.24) is 10.3 Å². The molecule has 1 fully saturated rings. The molecular weight excluding hydrogens is 224 g/mol. The predicted octanol–water partition coefficient (Wildman–Crippen LogP) is 2.98. The Kier molecular flexibility index (Phi) is 2.27. The van der Waals surface area contributed by atoms with E-state index in [1.165, 1.54) is 18.4 Å². The first-order chi connectivity index (χ1) is 8.90. The summed E-state index contributed by atoms with van der Waals surface area (Å²) < 4.78 is 5.90. The molecule has 4 rings (SSSR count). The molecule has 0 radical (unpaired) electrons. The maximum absolute atomic E-state index is 5.90. The molecule has 18 heavy (non-hydrogen) atoms. The number of furan rings is 1. The minimum absolute atomic E-state index is 0.551. The second kappa shape index (κ2) is 3.95. The van der Waals surface area contributed by atoms with Crippen LogP contribution in [0.5, 0.6) is 0 Å². The van der Waals surface area contributed by atoms with Gasteiger partial charge in [0.05, 0.1) is 0 Å². The van der Waals surface area contributed by atoms with Gasteiger partial charge in [-0.15, -0.1) is 0 Å². The van der Waals surface area contributed by atoms with E-state index in [0.717, 1.165) is 35.7 Å². The van der Waals surface area contributed by atoms with Gasteiger partial charge in [0.1, 0.15) is 11.3 Å². The first-order valence-corrected chi connectivity index (χ1v) is 6.69. The summed E-state index contributed by atoms with van der Waals surface area (Å²) in [5.74, 6) is 1.83. The molecule has 3 nitrogen and oxygen atoms in total. The lowest BCUT2D eigenvalue weighted by Crippen LogP contribution is -2.27. The number of nitrogens with one attached hydrogen (secondary N) is 1. The Labute approximate surface area is 106 Å². The van der Waals surface area contributed by atoms with Crippen molar-refractivity contribution in [1.29, 1.82) is 0 Å². The highest BCUT2D eigenvalue weighted by molar-refractivity contribution is 5.78. The van der Waals surface area contributed by atoms with Gasteiger partial charge in [-0.2, -0.15) is 0 Å². The van der Waals surface area contributed by atoms with Gasteiger partial charge in [-0.25, -0.2) is 0 Å². The van der Waals surface area contributed by atoms with E-state index in [-0.39, 0.29) is 0 Å². The highest BCUT2D eigenvalue weighted by Crippen LogP contribution is 2.35. The molecule has 2 aromatic rings. The minimum Gasteiger partial charge on any atom is -0.455 e. The summed E-state index contributed by atoms with van der Waals surface area (Å²) in [5, 5.41) is 3.56. The third kappa shape index (κ3) is 1.58. The average Bonchev–Trinajstić information content (AvgIpc) is 3.04. The van der Waals surface area contributed by atoms with E-state index in [1.54, 1.807) is 0 Å². The maximum Gasteiger partial charge on any atom is 0.153 e. The normalized spacial score (nSPS) is 27.2. The van der Waals surface area contributed by atoms with Gasteiger partial charge in [0.25, 0.3) is 0 Å². The molecule has 0 aromatic carbocycles. The second-order valence-corrected chi connectivity index (χ2v) is 5.26. The molecule has 2 aromatic heterocycles. The third-order valence-corrected chi connectivity index (χ3v) is 4.17. The Morgan fingerprint density at radius 1 is 1.33 bits per heavy atom. The molecule has 2 atom stereocenters. The Morgan fingerprint density at radius 2 is 2.33 bits per heavy atom. The number of rotatable bonds is 1. The fraction of sp³-hybridized carbons (Fsp3) is 0.400. The molecule has 1 N–H and O–H groups in total. The fourth-order valence-corrected chi connectivity index (χ4v) is 3.17. The van der Waals surface area contributed by atoms with Gasteiger partial charge < -0.3 is 9.73 Å². The number of nitrogens with zero attached hydrogens (tertiary/aromatic N) is 1. The minimum atomic E-state index is 0.551. The molecule has 2 aliphatic rings. The number of aromatic nitrogens is 1. The van der Waals surface area contributed by atoms with Gasteiger partial charge in [0.2, 0.25) is 0 Å². The molecule has 3 heteroatoms. The topological polar surface area (TPSA) is 38.1 Å². The predicted molar refractivity (Wildman–Crippen MR) is 71.1 cm³/mol. The molecule has 0 saturated carbocycles. The number of pyridine rings is 1. The molecule has 0 amide bonds. The zero-order chi connectivity index (χ0) is 11.9. The van der Waals surface area contributed by atoms with E-state index < -0.39 is 0 Å². The number of fused-ring (bicyclic) bond motifs is 2. The Morgan fingerprint density at radius 3 is 3.28 bits per heavy atom. The Balaban J connectivity index is 1.74. The smallest absolute Gasteiger partial charge is 0.153 e. The van der Waals surface area contributed by atoms with Crippen LogP contribution in [-0.4, -0.2) is 17.6 Å². The monoisotopic (exact) mass is 240 g/mol. The van der Waals surface area contributed by atoms with E-state index >= 15 is 0 Å². The lowest BCUT2D eigenvalue weighted by molar-refractivity contribution is 0.460. The molecule has 1 saturated heterocycles. The van der Waals surface area contributed by atoms with E-state index in [4.69, 9.17) is 4.42 Å². The summed E-state index contributed by atoms with van der Waals surface area (Å²) in [5.41, 5.74) is 3.17. The zero-order valence-electron chi connectivity index (χ0n) is 10.2. The van der Waals surface area contributed by atoms with Gasteiger partial charge in [0, 0.05) is 18.3 Å². The second-order valence-electron chi connectivity index (χ2n) is 5.26. The zero-order valence-corrected chi connectivity index (χ0v) is 10.2. The molecular formula is C15H16N2O. The molecule has 0 unspecified atom stereocenters. The first kappa shape index (κ1) is 10.3. The Bertz CT molecular complexity index is 581. The van der Waals surface area contributed by atoms with E-state index in [0.29, 0.717) is 6.04 Å². The highest BCUT2D eigenvalue weighted by Gasteiger charge is 2.29. The van der Waals surface area contributed by atoms with E-state index in [2.05, 4.69) is 22.4 Å². The molecule has 1 aliphatic heterocycles. The molecule has 92 valence electrons. The quantitative estimate of drug-likeness (QED) is 0.832. The summed E-state index contributed by atoms with van der Waals surface area (Å²) in [6.45, 7) is 1.15. The van der Waals surface area contributed by atoms with Crippen LogP contribution in [0.1, 0.15) is 25.0 Å². The summed E-state index contributed by atoms with van der Waals surface area (Å²) >= 11 is 0. The first-order valence-electron chi connectivity index (χ1n) is 6.69. The fourth-order valence-electron chi connectivity index (χ4n) is 3.17. The van der Waals surface area contributed by atoms with Gasteiger partial charge in [-0.1, -0.05) is 6.08 Å². The molecule has 0 spiro atoms. The van der Waals surface area contributed by atoms with Crippen LogP contribution in [0.3, 0.4) is 0 Å². The number of hydrogen-bond donors (Lipinski definition) is 1. The van der Waals surface area contributed by atoms with Crippen LogP contribution in [-0.2, 0) is 0 Å². The number of hydrogen-bond acceptors (Lipinski definition) is 3. The van der Waals surface area contributed by atoms with E-state index in [1.807, 2.05) is 18.3 Å². The largest absolute Gasteiger partial charge is 0.455 e. The molecule has 0 bridgehead atoms. The van der Waals surface area contributed by atoms with Crippen molar-refractivity contribution in [3.63, 3.8) is 0 Å². The van der Waals surface area contributed by atoms with Gasteiger partial charge in [-0.3, -0.25) is 4.98 Å². The Hall–Kier alpha value is -1.61. The summed E-state index contributed by atoms with van der Waals surface area (Å²) in [7, 11) is 0. The highest BCUT2D eigenvalue weighted by atomic mass is 16.3. The van der Waals surface area contributed by atoms with Crippen molar-refractivity contribution in [2.75, 3.05) is 6.54 Å². The van der Waals surface area contributed by atoms with E-state index in [9.17, 15) is 0 Å². The molecule has 1 aliphatic carbocycles. The summed E-state index contributed by atoms with van der Waals surface area (Å²) in [4.78, 5) is 4.33. The molecule has 3 heterocycles. The standard InChI is InChI=1S/C15H16N2O/c1-2-14-13(16-6-1)9-15(18-14)11-4-3-10-5-7-17-12(10)8-11/h1-2,6,8-10,12,17H,3-5,7H2/t10-,12-/m0/s1. The summed E-state index contributed by atoms with van der Waals surface area (Å²) in [6.07, 6.45) is 7.89. The summed E-state index contributed by atoms with van der Waals surface area (Å²) in [6, 6.07) is 6.51. The SMILES string of the molecule is C1=C(c2cc3ncccc3o2)CC[C@H]2CCN[C@@H]12. The van der Waals surface area contributed by atoms with Crippen LogP contribution < -0.4 is 5.32 Å². The van der Waals surface area contributed by atoms with Crippen molar-refractivity contribution in [2.45, 2.75) is 25.3 Å². The van der Waals surface area contributed by atoms with Crippen molar-refractivity contribution in [3.8, 4) is 0 Å². The third-order valence-electron chi connectivity index (χ3n) is 4.17. The van der Waals surface area contributed by atoms with Crippen molar-refractivity contribution in [2.24, 2.45) is 5.92 Å². The van der Waals surface area contributed by atoms with Crippen molar-refractivity contribution >= 4 is 16.7 Å². The van der Waals surface area contributed by atoms with Crippen molar-refractivity contribution < 1.29 is 4.42 Å². The maximum atomic E-state index is 5.90. The lowest BCUT2D eigenvalue weighted by atomic mass is 9.85. The van der Waals surface area contributed by atoms with Crippen LogP contribution >= 0.6 is 0 Å². The van der Waals surface area contributed by atoms with Crippen LogP contribution in [0.4, 0.5) is 0 Å². The van der Waals surface area contributed by atoms with Gasteiger partial charge in [0.15, 0.2) is 5.58 Å². The van der Waals surface area contributed by atoms with Gasteiger partial charge >= 0.3 is 0 Å². The van der Waals surface area contributed by atoms with Crippen molar-refractivity contribution in [3.05, 3.63) is 36.2 Å². The lowest BCUT2D eigenvalue weighted by Gasteiger charge is -2.23.